The topological polar surface area (TPSA) is 56.2 Å². The van der Waals surface area contributed by atoms with E-state index in [1.165, 1.54) is 6.42 Å². The number of halogens is 1. The lowest BCUT2D eigenvalue weighted by molar-refractivity contribution is -0.146. The molecule has 1 atom stereocenters. The number of anilines is 1. The molecule has 1 N–H and O–H groups in total. The van der Waals surface area contributed by atoms with E-state index in [0.717, 1.165) is 58.4 Å². The third-order valence-electron chi connectivity index (χ3n) is 6.04. The Morgan fingerprint density at radius 3 is 2.73 bits per heavy atom. The average molecular weight is 466 g/mol. The van der Waals surface area contributed by atoms with Gasteiger partial charge in [0.2, 0.25) is 5.95 Å². The lowest BCUT2D eigenvalue weighted by Crippen LogP contribution is -2.31. The number of hydrogen-bond acceptors (Lipinski definition) is 4. The first kappa shape index (κ1) is 19.4. The molecule has 0 spiro atoms. The number of carbonyl (C=O) groups is 1. The molecule has 1 aromatic heterocycles. The van der Waals surface area contributed by atoms with Gasteiger partial charge >= 0.3 is 5.97 Å². The van der Waals surface area contributed by atoms with Gasteiger partial charge in [-0.05, 0) is 62.4 Å². The summed E-state index contributed by atoms with van der Waals surface area (Å²) in [5.74, 6) is 0.508. The molecule has 2 aromatic carbocycles. The van der Waals surface area contributed by atoms with Gasteiger partial charge in [-0.15, -0.1) is 0 Å². The second-order valence-electron chi connectivity index (χ2n) is 8.08. The summed E-state index contributed by atoms with van der Waals surface area (Å²) >= 11 is 3.59. The van der Waals surface area contributed by atoms with E-state index < -0.39 is 0 Å². The van der Waals surface area contributed by atoms with E-state index in [1.807, 2.05) is 43.3 Å². The number of allylic oxidation sites excluding steroid dienone is 1. The van der Waals surface area contributed by atoms with Crippen LogP contribution in [0.3, 0.4) is 0 Å². The summed E-state index contributed by atoms with van der Waals surface area (Å²) in [7, 11) is 0. The van der Waals surface area contributed by atoms with Crippen molar-refractivity contribution in [2.24, 2.45) is 0 Å². The normalized spacial score (nSPS) is 19.5. The Hall–Kier alpha value is -2.60. The van der Waals surface area contributed by atoms with Gasteiger partial charge in [-0.3, -0.25) is 4.57 Å². The maximum atomic E-state index is 13.4. The Kier molecular flexibility index (Phi) is 5.11. The first-order chi connectivity index (χ1) is 14.6. The summed E-state index contributed by atoms with van der Waals surface area (Å²) in [4.78, 5) is 18.2. The molecule has 154 valence electrons. The van der Waals surface area contributed by atoms with Crippen LogP contribution in [0, 0.1) is 0 Å². The largest absolute Gasteiger partial charge is 0.459 e. The van der Waals surface area contributed by atoms with Crippen LogP contribution in [0.5, 0.6) is 0 Å². The fraction of sp³-hybridized carbons (Fsp3) is 0.333. The van der Waals surface area contributed by atoms with Gasteiger partial charge in [-0.1, -0.05) is 46.6 Å². The number of esters is 1. The Bertz CT molecular complexity index is 1140. The minimum atomic E-state index is -0.303. The van der Waals surface area contributed by atoms with Crippen LogP contribution in [0.25, 0.3) is 11.0 Å². The van der Waals surface area contributed by atoms with E-state index in [2.05, 4.69) is 37.9 Å². The lowest BCUT2D eigenvalue weighted by atomic mass is 9.94. The zero-order valence-corrected chi connectivity index (χ0v) is 18.5. The number of hydrogen-bond donors (Lipinski definition) is 1. The number of rotatable bonds is 3. The van der Waals surface area contributed by atoms with Crippen molar-refractivity contribution in [3.05, 3.63) is 69.8 Å². The van der Waals surface area contributed by atoms with Crippen LogP contribution in [-0.4, -0.2) is 21.6 Å². The van der Waals surface area contributed by atoms with Crippen molar-refractivity contribution < 1.29 is 9.53 Å². The third kappa shape index (κ3) is 3.43. The number of para-hydroxylation sites is 2. The standard InChI is InChI=1S/C24H24BrN3O2/c1-15-21(23(29)30-18-10-3-2-4-11-18)22(16-8-7-9-17(25)14-16)28-20-13-6-5-12-19(20)27-24(28)26-15/h5-9,12-14,18,22H,2-4,10-11H2,1H3,(H,26,27). The van der Waals surface area contributed by atoms with Crippen molar-refractivity contribution in [2.75, 3.05) is 5.32 Å². The van der Waals surface area contributed by atoms with E-state index in [4.69, 9.17) is 9.72 Å². The van der Waals surface area contributed by atoms with Crippen LogP contribution in [0.4, 0.5) is 5.95 Å². The molecular formula is C24H24BrN3O2. The number of nitrogens with zero attached hydrogens (tertiary/aromatic N) is 2. The Morgan fingerprint density at radius 1 is 1.13 bits per heavy atom. The summed E-state index contributed by atoms with van der Waals surface area (Å²) in [5.41, 5.74) is 4.35. The van der Waals surface area contributed by atoms with Gasteiger partial charge in [0.15, 0.2) is 0 Å². The van der Waals surface area contributed by atoms with E-state index in [0.29, 0.717) is 5.57 Å². The van der Waals surface area contributed by atoms with Crippen LogP contribution in [-0.2, 0) is 9.53 Å². The minimum absolute atomic E-state index is 0.00985. The molecule has 2 heterocycles. The number of fused-ring (bicyclic) bond motifs is 3. The molecule has 1 saturated carbocycles. The molecule has 6 heteroatoms. The number of benzene rings is 2. The summed E-state index contributed by atoms with van der Waals surface area (Å²) in [6, 6.07) is 15.8. The Labute approximate surface area is 184 Å². The Morgan fingerprint density at radius 2 is 1.93 bits per heavy atom. The lowest BCUT2D eigenvalue weighted by Gasteiger charge is -2.31. The molecule has 2 aliphatic rings. The van der Waals surface area contributed by atoms with Gasteiger partial charge in [0.25, 0.3) is 0 Å². The van der Waals surface area contributed by atoms with Crippen LogP contribution in [0.2, 0.25) is 0 Å². The van der Waals surface area contributed by atoms with Crippen LogP contribution >= 0.6 is 15.9 Å². The van der Waals surface area contributed by atoms with Crippen molar-refractivity contribution in [1.82, 2.24) is 9.55 Å². The zero-order chi connectivity index (χ0) is 20.7. The molecule has 0 bridgehead atoms. The molecule has 3 aromatic rings. The second kappa shape index (κ2) is 7.91. The highest BCUT2D eigenvalue weighted by atomic mass is 79.9. The van der Waals surface area contributed by atoms with Crippen LogP contribution in [0.1, 0.15) is 50.6 Å². The number of ether oxygens (including phenoxy) is 1. The van der Waals surface area contributed by atoms with Crippen molar-refractivity contribution in [3.8, 4) is 0 Å². The van der Waals surface area contributed by atoms with E-state index in [-0.39, 0.29) is 18.1 Å². The van der Waals surface area contributed by atoms with Gasteiger partial charge in [0.05, 0.1) is 22.6 Å². The van der Waals surface area contributed by atoms with Gasteiger partial charge < -0.3 is 10.1 Å². The maximum absolute atomic E-state index is 13.4. The third-order valence-corrected chi connectivity index (χ3v) is 6.53. The summed E-state index contributed by atoms with van der Waals surface area (Å²) in [6.45, 7) is 1.94. The minimum Gasteiger partial charge on any atom is -0.459 e. The van der Waals surface area contributed by atoms with Crippen molar-refractivity contribution in [2.45, 2.75) is 51.2 Å². The first-order valence-electron chi connectivity index (χ1n) is 10.5. The molecule has 0 amide bonds. The van der Waals surface area contributed by atoms with Gasteiger partial charge in [-0.25, -0.2) is 9.78 Å². The smallest absolute Gasteiger partial charge is 0.338 e. The summed E-state index contributed by atoms with van der Waals surface area (Å²) in [6.07, 6.45) is 5.39. The molecule has 1 aliphatic heterocycles. The van der Waals surface area contributed by atoms with Gasteiger partial charge in [0, 0.05) is 10.2 Å². The SMILES string of the molecule is CC1=C(C(=O)OC2CCCCC2)C(c2cccc(Br)c2)n2c(nc3ccccc32)N1. The highest BCUT2D eigenvalue weighted by molar-refractivity contribution is 9.10. The number of aromatic nitrogens is 2. The fourth-order valence-electron chi connectivity index (χ4n) is 4.62. The molecular weight excluding hydrogens is 442 g/mol. The molecule has 1 fully saturated rings. The van der Waals surface area contributed by atoms with E-state index in [9.17, 15) is 4.79 Å². The van der Waals surface area contributed by atoms with Gasteiger partial charge in [-0.2, -0.15) is 0 Å². The zero-order valence-electron chi connectivity index (χ0n) is 16.9. The molecule has 30 heavy (non-hydrogen) atoms. The number of imidazole rings is 1. The average Bonchev–Trinajstić information content (AvgIpc) is 3.11. The molecule has 5 nitrogen and oxygen atoms in total. The summed E-state index contributed by atoms with van der Waals surface area (Å²) < 4.78 is 9.09. The fourth-order valence-corrected chi connectivity index (χ4v) is 5.04. The van der Waals surface area contributed by atoms with E-state index >= 15 is 0 Å². The highest BCUT2D eigenvalue weighted by Gasteiger charge is 2.36. The highest BCUT2D eigenvalue weighted by Crippen LogP contribution is 2.40. The molecule has 0 radical (unpaired) electrons. The maximum Gasteiger partial charge on any atom is 0.338 e. The second-order valence-corrected chi connectivity index (χ2v) is 9.00. The number of nitrogens with one attached hydrogen (secondary N) is 1. The predicted octanol–water partition coefficient (Wildman–Crippen LogP) is 5.96. The van der Waals surface area contributed by atoms with Crippen LogP contribution < -0.4 is 5.32 Å². The van der Waals surface area contributed by atoms with Crippen molar-refractivity contribution in [1.29, 1.82) is 0 Å². The van der Waals surface area contributed by atoms with Gasteiger partial charge in [0.1, 0.15) is 6.10 Å². The molecule has 1 aliphatic carbocycles. The molecule has 0 saturated heterocycles. The van der Waals surface area contributed by atoms with Crippen LogP contribution in [0.15, 0.2) is 64.3 Å². The summed E-state index contributed by atoms with van der Waals surface area (Å²) in [5, 5.41) is 3.35. The quantitative estimate of drug-likeness (QED) is 0.484. The van der Waals surface area contributed by atoms with Crippen molar-refractivity contribution >= 4 is 38.9 Å². The Balaban J connectivity index is 1.63. The molecule has 5 rings (SSSR count). The van der Waals surface area contributed by atoms with Crippen molar-refractivity contribution in [3.63, 3.8) is 0 Å². The monoisotopic (exact) mass is 465 g/mol. The van der Waals surface area contributed by atoms with E-state index in [1.54, 1.807) is 0 Å². The number of carbonyl (C=O) groups excluding carboxylic acids is 1. The molecule has 1 unspecified atom stereocenters. The first-order valence-corrected chi connectivity index (χ1v) is 11.3. The predicted molar refractivity (Wildman–Crippen MR) is 121 cm³/mol.